The summed E-state index contributed by atoms with van der Waals surface area (Å²) in [5.41, 5.74) is 3.25. The number of para-hydroxylation sites is 1. The van der Waals surface area contributed by atoms with E-state index in [1.54, 1.807) is 6.20 Å². The Hall–Kier alpha value is -2.61. The van der Waals surface area contributed by atoms with Crippen LogP contribution in [0.3, 0.4) is 0 Å². The monoisotopic (exact) mass is 502 g/mol. The molecular weight excluding hydrogens is 475 g/mol. The van der Waals surface area contributed by atoms with Gasteiger partial charge in [0.15, 0.2) is 5.96 Å². The van der Waals surface area contributed by atoms with E-state index in [0.717, 1.165) is 35.1 Å². The fraction of sp³-hybridized carbons (Fsp3) is 0.217. The average molecular weight is 502 g/mol. The normalized spacial score (nSPS) is 10.7. The van der Waals surface area contributed by atoms with Gasteiger partial charge in [0.2, 0.25) is 0 Å². The smallest absolute Gasteiger partial charge is 0.191 e. The van der Waals surface area contributed by atoms with Gasteiger partial charge in [-0.3, -0.25) is 4.98 Å². The summed E-state index contributed by atoms with van der Waals surface area (Å²) in [5, 5.41) is 6.59. The van der Waals surface area contributed by atoms with Crippen LogP contribution in [-0.2, 0) is 19.7 Å². The highest BCUT2D eigenvalue weighted by Gasteiger charge is 2.01. The van der Waals surface area contributed by atoms with Crippen LogP contribution in [-0.4, -0.2) is 17.5 Å². The predicted octanol–water partition coefficient (Wildman–Crippen LogP) is 4.53. The average Bonchev–Trinajstić information content (AvgIpc) is 2.76. The first kappa shape index (κ1) is 22.7. The number of benzene rings is 2. The van der Waals surface area contributed by atoms with Crippen LogP contribution in [0.4, 0.5) is 0 Å². The molecule has 0 atom stereocenters. The fourth-order valence-corrected chi connectivity index (χ4v) is 2.69. The van der Waals surface area contributed by atoms with Gasteiger partial charge in [0.05, 0.1) is 18.8 Å². The number of halogens is 1. The second kappa shape index (κ2) is 12.8. The van der Waals surface area contributed by atoms with Crippen molar-refractivity contribution in [1.82, 2.24) is 15.6 Å². The van der Waals surface area contributed by atoms with Gasteiger partial charge < -0.3 is 15.4 Å². The maximum absolute atomic E-state index is 5.83. The molecule has 0 saturated heterocycles. The van der Waals surface area contributed by atoms with Crippen LogP contribution in [0.2, 0.25) is 0 Å². The topological polar surface area (TPSA) is 58.5 Å². The molecule has 3 rings (SSSR count). The lowest BCUT2D eigenvalue weighted by Gasteiger charge is -2.11. The Morgan fingerprint density at radius 2 is 1.72 bits per heavy atom. The summed E-state index contributed by atoms with van der Waals surface area (Å²) in [5.74, 6) is 1.65. The number of aliphatic imine (C=N–C) groups is 1. The summed E-state index contributed by atoms with van der Waals surface area (Å²) >= 11 is 0. The molecule has 2 aromatic carbocycles. The van der Waals surface area contributed by atoms with Gasteiger partial charge in [0.1, 0.15) is 12.4 Å². The summed E-state index contributed by atoms with van der Waals surface area (Å²) in [4.78, 5) is 9.01. The molecule has 0 unspecified atom stereocenters. The van der Waals surface area contributed by atoms with Crippen molar-refractivity contribution in [3.63, 3.8) is 0 Å². The van der Waals surface area contributed by atoms with Crippen LogP contribution in [0.1, 0.15) is 23.7 Å². The third-order valence-electron chi connectivity index (χ3n) is 4.07. The van der Waals surface area contributed by atoms with Crippen molar-refractivity contribution in [3.8, 4) is 5.75 Å². The van der Waals surface area contributed by atoms with E-state index in [4.69, 9.17) is 4.74 Å². The number of ether oxygens (including phenoxy) is 1. The number of hydrogen-bond acceptors (Lipinski definition) is 3. The van der Waals surface area contributed by atoms with Crippen LogP contribution in [0, 0.1) is 0 Å². The summed E-state index contributed by atoms with van der Waals surface area (Å²) in [6.45, 7) is 4.63. The third kappa shape index (κ3) is 8.11. The Kier molecular flexibility index (Phi) is 9.99. The van der Waals surface area contributed by atoms with Gasteiger partial charge in [-0.25, -0.2) is 4.99 Å². The Morgan fingerprint density at radius 3 is 2.48 bits per heavy atom. The Morgan fingerprint density at radius 1 is 0.931 bits per heavy atom. The molecule has 0 spiro atoms. The molecule has 2 N–H and O–H groups in total. The summed E-state index contributed by atoms with van der Waals surface area (Å²) in [6.07, 6.45) is 1.80. The molecule has 1 heterocycles. The minimum absolute atomic E-state index is 0. The van der Waals surface area contributed by atoms with Crippen molar-refractivity contribution in [3.05, 3.63) is 95.8 Å². The first-order valence-corrected chi connectivity index (χ1v) is 9.51. The largest absolute Gasteiger partial charge is 0.489 e. The molecule has 1 aromatic heterocycles. The molecule has 0 radical (unpaired) electrons. The molecule has 0 aliphatic carbocycles. The van der Waals surface area contributed by atoms with Crippen LogP contribution < -0.4 is 15.4 Å². The number of hydrogen-bond donors (Lipinski definition) is 2. The van der Waals surface area contributed by atoms with Crippen LogP contribution in [0.5, 0.6) is 5.75 Å². The van der Waals surface area contributed by atoms with Gasteiger partial charge >= 0.3 is 0 Å². The van der Waals surface area contributed by atoms with Crippen molar-refractivity contribution >= 4 is 29.9 Å². The lowest BCUT2D eigenvalue weighted by atomic mass is 10.1. The molecular formula is C23H27IN4O. The second-order valence-electron chi connectivity index (χ2n) is 6.29. The van der Waals surface area contributed by atoms with Gasteiger partial charge in [-0.05, 0) is 42.3 Å². The van der Waals surface area contributed by atoms with E-state index >= 15 is 0 Å². The van der Waals surface area contributed by atoms with E-state index in [-0.39, 0.29) is 24.0 Å². The molecule has 0 fully saturated rings. The molecule has 0 amide bonds. The number of nitrogens with one attached hydrogen (secondary N) is 2. The van der Waals surface area contributed by atoms with E-state index in [1.807, 2.05) is 54.6 Å². The highest BCUT2D eigenvalue weighted by atomic mass is 127. The van der Waals surface area contributed by atoms with Crippen LogP contribution in [0.25, 0.3) is 0 Å². The van der Waals surface area contributed by atoms with E-state index < -0.39 is 0 Å². The molecule has 29 heavy (non-hydrogen) atoms. The summed E-state index contributed by atoms with van der Waals surface area (Å²) < 4.78 is 5.83. The highest BCUT2D eigenvalue weighted by molar-refractivity contribution is 14.0. The fourth-order valence-electron chi connectivity index (χ4n) is 2.69. The third-order valence-corrected chi connectivity index (χ3v) is 4.07. The van der Waals surface area contributed by atoms with Gasteiger partial charge in [-0.2, -0.15) is 0 Å². The predicted molar refractivity (Wildman–Crippen MR) is 129 cm³/mol. The molecule has 5 nitrogen and oxygen atoms in total. The van der Waals surface area contributed by atoms with E-state index in [0.29, 0.717) is 19.7 Å². The maximum atomic E-state index is 5.83. The van der Waals surface area contributed by atoms with Crippen LogP contribution >= 0.6 is 24.0 Å². The van der Waals surface area contributed by atoms with Crippen molar-refractivity contribution in [2.45, 2.75) is 26.6 Å². The molecule has 0 aliphatic rings. The number of pyridine rings is 1. The lowest BCUT2D eigenvalue weighted by molar-refractivity contribution is 0.306. The summed E-state index contributed by atoms with van der Waals surface area (Å²) in [7, 11) is 0. The molecule has 3 aromatic rings. The van der Waals surface area contributed by atoms with Crippen molar-refractivity contribution < 1.29 is 4.74 Å². The minimum Gasteiger partial charge on any atom is -0.489 e. The molecule has 0 aliphatic heterocycles. The lowest BCUT2D eigenvalue weighted by Crippen LogP contribution is -2.37. The molecule has 0 bridgehead atoms. The number of nitrogens with zero attached hydrogens (tertiary/aromatic N) is 2. The van der Waals surface area contributed by atoms with Crippen molar-refractivity contribution in [1.29, 1.82) is 0 Å². The Bertz CT molecular complexity index is 872. The zero-order valence-electron chi connectivity index (χ0n) is 16.5. The summed E-state index contributed by atoms with van der Waals surface area (Å²) in [6, 6.07) is 24.1. The van der Waals surface area contributed by atoms with Gasteiger partial charge in [0, 0.05) is 12.7 Å². The highest BCUT2D eigenvalue weighted by Crippen LogP contribution is 2.13. The zero-order valence-corrected chi connectivity index (χ0v) is 18.9. The minimum atomic E-state index is 0. The first-order chi connectivity index (χ1) is 13.8. The van der Waals surface area contributed by atoms with Crippen molar-refractivity contribution in [2.24, 2.45) is 4.99 Å². The van der Waals surface area contributed by atoms with Crippen molar-refractivity contribution in [2.75, 3.05) is 6.54 Å². The molecule has 6 heteroatoms. The Labute approximate surface area is 189 Å². The number of rotatable bonds is 8. The van der Waals surface area contributed by atoms with Crippen LogP contribution in [0.15, 0.2) is 84.0 Å². The molecule has 0 saturated carbocycles. The Balaban J connectivity index is 0.00000300. The van der Waals surface area contributed by atoms with Gasteiger partial charge in [-0.15, -0.1) is 24.0 Å². The maximum Gasteiger partial charge on any atom is 0.191 e. The van der Waals surface area contributed by atoms with Gasteiger partial charge in [0.25, 0.3) is 0 Å². The number of aromatic nitrogens is 1. The van der Waals surface area contributed by atoms with Gasteiger partial charge in [-0.1, -0.05) is 48.5 Å². The van der Waals surface area contributed by atoms with E-state index in [1.165, 1.54) is 0 Å². The quantitative estimate of drug-likeness (QED) is 0.270. The first-order valence-electron chi connectivity index (χ1n) is 9.51. The zero-order chi connectivity index (χ0) is 19.4. The molecule has 152 valence electrons. The SMILES string of the molecule is CCNC(=NCc1cccc(COc2ccccc2)c1)NCc1ccccn1.I. The van der Waals surface area contributed by atoms with E-state index in [2.05, 4.69) is 45.7 Å². The second-order valence-corrected chi connectivity index (χ2v) is 6.29. The number of guanidine groups is 1. The standard InChI is InChI=1S/C23H26N4O.HI/c1-2-24-23(27-17-21-11-6-7-14-25-21)26-16-19-9-8-10-20(15-19)18-28-22-12-4-3-5-13-22;/h3-15H,2,16-18H2,1H3,(H2,24,26,27);1H. The van der Waals surface area contributed by atoms with E-state index in [9.17, 15) is 0 Å².